The Balaban J connectivity index is 1.62. The molecule has 7 heteroatoms. The van der Waals surface area contributed by atoms with Gasteiger partial charge in [0.25, 0.3) is 0 Å². The number of carbonyl (C=O) groups excluding carboxylic acids is 2. The van der Waals surface area contributed by atoms with Crippen molar-refractivity contribution in [3.8, 4) is 0 Å². The van der Waals surface area contributed by atoms with Crippen molar-refractivity contribution in [3.63, 3.8) is 0 Å². The van der Waals surface area contributed by atoms with Crippen molar-refractivity contribution in [1.82, 2.24) is 9.80 Å². The number of amides is 3. The second kappa shape index (κ2) is 7.51. The number of likely N-dealkylation sites (N-methyl/N-ethyl adjacent to an activating group) is 1. The number of hydrogen-bond acceptors (Lipinski definition) is 2. The van der Waals surface area contributed by atoms with Gasteiger partial charge in [-0.05, 0) is 24.1 Å². The Kier molecular flexibility index (Phi) is 5.16. The molecule has 0 aliphatic carbocycles. The van der Waals surface area contributed by atoms with Gasteiger partial charge in [-0.3, -0.25) is 4.79 Å². The Hall–Kier alpha value is -2.96. The summed E-state index contributed by atoms with van der Waals surface area (Å²) in [6.07, 6.45) is 0.521. The average molecular weight is 359 g/mol. The molecule has 3 amide bonds. The van der Waals surface area contributed by atoms with E-state index in [4.69, 9.17) is 0 Å². The van der Waals surface area contributed by atoms with E-state index in [2.05, 4.69) is 5.32 Å². The molecule has 0 bridgehead atoms. The zero-order valence-electron chi connectivity index (χ0n) is 14.3. The fourth-order valence-electron chi connectivity index (χ4n) is 2.97. The number of likely N-dealkylation sites (tertiary alicyclic amines) is 1. The van der Waals surface area contributed by atoms with Gasteiger partial charge >= 0.3 is 6.03 Å². The van der Waals surface area contributed by atoms with Gasteiger partial charge in [-0.1, -0.05) is 30.3 Å². The van der Waals surface area contributed by atoms with Crippen LogP contribution in [-0.2, 0) is 11.3 Å². The van der Waals surface area contributed by atoms with Crippen molar-refractivity contribution in [1.29, 1.82) is 0 Å². The number of anilines is 1. The molecule has 5 nitrogen and oxygen atoms in total. The van der Waals surface area contributed by atoms with Crippen LogP contribution in [-0.4, -0.2) is 41.4 Å². The van der Waals surface area contributed by atoms with Crippen LogP contribution >= 0.6 is 0 Å². The fraction of sp³-hybridized carbons (Fsp3) is 0.263. The summed E-state index contributed by atoms with van der Waals surface area (Å²) in [6, 6.07) is 11.6. The van der Waals surface area contributed by atoms with Crippen LogP contribution in [0.25, 0.3) is 0 Å². The van der Waals surface area contributed by atoms with Gasteiger partial charge < -0.3 is 15.1 Å². The molecule has 1 N–H and O–H groups in total. The number of rotatable bonds is 4. The predicted molar refractivity (Wildman–Crippen MR) is 93.4 cm³/mol. The Morgan fingerprint density at radius 1 is 1.19 bits per heavy atom. The zero-order valence-corrected chi connectivity index (χ0v) is 14.3. The van der Waals surface area contributed by atoms with Crippen molar-refractivity contribution in [2.45, 2.75) is 19.0 Å². The molecule has 0 unspecified atom stereocenters. The normalized spacial score (nSPS) is 16.7. The maximum atomic E-state index is 13.3. The monoisotopic (exact) mass is 359 g/mol. The number of nitrogens with one attached hydrogen (secondary N) is 1. The molecule has 1 saturated heterocycles. The molecular weight excluding hydrogens is 340 g/mol. The lowest BCUT2D eigenvalue weighted by atomic mass is 10.2. The van der Waals surface area contributed by atoms with Crippen molar-refractivity contribution < 1.29 is 18.4 Å². The molecular formula is C19H19F2N3O2. The maximum absolute atomic E-state index is 13.3. The smallest absolute Gasteiger partial charge is 0.322 e. The van der Waals surface area contributed by atoms with Gasteiger partial charge in [-0.25, -0.2) is 13.6 Å². The van der Waals surface area contributed by atoms with E-state index in [9.17, 15) is 18.4 Å². The first-order valence-electron chi connectivity index (χ1n) is 8.27. The minimum Gasteiger partial charge on any atom is -0.336 e. The van der Waals surface area contributed by atoms with Crippen LogP contribution in [0.2, 0.25) is 0 Å². The highest BCUT2D eigenvalue weighted by Gasteiger charge is 2.36. The number of urea groups is 1. The molecule has 0 aromatic heterocycles. The molecule has 0 spiro atoms. The van der Waals surface area contributed by atoms with Gasteiger partial charge in [0.05, 0.1) is 0 Å². The zero-order chi connectivity index (χ0) is 18.7. The third kappa shape index (κ3) is 3.82. The summed E-state index contributed by atoms with van der Waals surface area (Å²) in [5.41, 5.74) is 1.16. The standard InChI is InChI=1S/C19H19F2N3O2/c1-23(19(26)22-14-7-8-15(20)16(21)11-14)17-9-10-24(18(17)25)12-13-5-3-2-4-6-13/h2-8,11,17H,9-10,12H2,1H3,(H,22,26)/t17-/m1/s1. The van der Waals surface area contributed by atoms with Crippen molar-refractivity contribution in [2.24, 2.45) is 0 Å². The first kappa shape index (κ1) is 17.8. The number of halogens is 2. The van der Waals surface area contributed by atoms with Crippen LogP contribution < -0.4 is 5.32 Å². The Bertz CT molecular complexity index is 814. The molecule has 1 atom stereocenters. The maximum Gasteiger partial charge on any atom is 0.322 e. The van der Waals surface area contributed by atoms with E-state index in [1.807, 2.05) is 30.3 Å². The van der Waals surface area contributed by atoms with Crippen LogP contribution in [0, 0.1) is 11.6 Å². The molecule has 1 fully saturated rings. The highest BCUT2D eigenvalue weighted by atomic mass is 19.2. The Morgan fingerprint density at radius 3 is 2.62 bits per heavy atom. The molecule has 2 aromatic carbocycles. The number of benzene rings is 2. The molecule has 3 rings (SSSR count). The van der Waals surface area contributed by atoms with Gasteiger partial charge in [0.2, 0.25) is 5.91 Å². The van der Waals surface area contributed by atoms with Crippen LogP contribution in [0.3, 0.4) is 0 Å². The van der Waals surface area contributed by atoms with Gasteiger partial charge in [-0.15, -0.1) is 0 Å². The summed E-state index contributed by atoms with van der Waals surface area (Å²) in [5, 5.41) is 2.48. The second-order valence-corrected chi connectivity index (χ2v) is 6.22. The minimum absolute atomic E-state index is 0.128. The van der Waals surface area contributed by atoms with E-state index in [-0.39, 0.29) is 11.6 Å². The van der Waals surface area contributed by atoms with Gasteiger partial charge in [0, 0.05) is 31.9 Å². The molecule has 26 heavy (non-hydrogen) atoms. The Labute approximate surface area is 150 Å². The summed E-state index contributed by atoms with van der Waals surface area (Å²) in [6.45, 7) is 1.05. The third-order valence-corrected chi connectivity index (χ3v) is 4.44. The average Bonchev–Trinajstić information content (AvgIpc) is 2.99. The minimum atomic E-state index is -1.04. The molecule has 1 heterocycles. The van der Waals surface area contributed by atoms with E-state index < -0.39 is 23.7 Å². The van der Waals surface area contributed by atoms with E-state index in [0.717, 1.165) is 17.7 Å². The number of hydrogen-bond donors (Lipinski definition) is 1. The molecule has 2 aromatic rings. The Morgan fingerprint density at radius 2 is 1.92 bits per heavy atom. The molecule has 1 aliphatic rings. The summed E-state index contributed by atoms with van der Waals surface area (Å²) >= 11 is 0. The number of nitrogens with zero attached hydrogens (tertiary/aromatic N) is 2. The van der Waals surface area contributed by atoms with Crippen LogP contribution in [0.5, 0.6) is 0 Å². The predicted octanol–water partition coefficient (Wildman–Crippen LogP) is 3.23. The quantitative estimate of drug-likeness (QED) is 0.911. The topological polar surface area (TPSA) is 52.7 Å². The van der Waals surface area contributed by atoms with Gasteiger partial charge in [0.15, 0.2) is 11.6 Å². The van der Waals surface area contributed by atoms with E-state index in [1.54, 1.807) is 4.90 Å². The third-order valence-electron chi connectivity index (χ3n) is 4.44. The van der Waals surface area contributed by atoms with Crippen molar-refractivity contribution >= 4 is 17.6 Å². The number of carbonyl (C=O) groups is 2. The second-order valence-electron chi connectivity index (χ2n) is 6.22. The SMILES string of the molecule is CN(C(=O)Nc1ccc(F)c(F)c1)[C@@H]1CCN(Cc2ccccc2)C1=O. The molecule has 136 valence electrons. The highest BCUT2D eigenvalue weighted by Crippen LogP contribution is 2.20. The lowest BCUT2D eigenvalue weighted by Crippen LogP contribution is -2.44. The van der Waals surface area contributed by atoms with E-state index in [1.165, 1.54) is 18.0 Å². The molecule has 1 aliphatic heterocycles. The first-order valence-corrected chi connectivity index (χ1v) is 8.27. The lowest BCUT2D eigenvalue weighted by Gasteiger charge is -2.24. The molecule has 0 saturated carbocycles. The van der Waals surface area contributed by atoms with Gasteiger partial charge in [-0.2, -0.15) is 0 Å². The van der Waals surface area contributed by atoms with Crippen LogP contribution in [0.4, 0.5) is 19.3 Å². The largest absolute Gasteiger partial charge is 0.336 e. The molecule has 0 radical (unpaired) electrons. The van der Waals surface area contributed by atoms with Gasteiger partial charge in [0.1, 0.15) is 6.04 Å². The first-order chi connectivity index (χ1) is 12.5. The summed E-state index contributed by atoms with van der Waals surface area (Å²) < 4.78 is 26.2. The van der Waals surface area contributed by atoms with E-state index in [0.29, 0.717) is 19.5 Å². The summed E-state index contributed by atoms with van der Waals surface area (Å²) in [5.74, 6) is -2.16. The fourth-order valence-corrected chi connectivity index (χ4v) is 2.97. The lowest BCUT2D eigenvalue weighted by molar-refractivity contribution is -0.131. The van der Waals surface area contributed by atoms with E-state index >= 15 is 0 Å². The van der Waals surface area contributed by atoms with Crippen molar-refractivity contribution in [2.75, 3.05) is 18.9 Å². The van der Waals surface area contributed by atoms with Crippen LogP contribution in [0.1, 0.15) is 12.0 Å². The van der Waals surface area contributed by atoms with Crippen LogP contribution in [0.15, 0.2) is 48.5 Å². The summed E-state index contributed by atoms with van der Waals surface area (Å²) in [7, 11) is 1.52. The summed E-state index contributed by atoms with van der Waals surface area (Å²) in [4.78, 5) is 27.9. The highest BCUT2D eigenvalue weighted by molar-refractivity contribution is 5.94. The van der Waals surface area contributed by atoms with Crippen molar-refractivity contribution in [3.05, 3.63) is 65.7 Å².